The third-order valence-corrected chi connectivity index (χ3v) is 1.23. The van der Waals surface area contributed by atoms with Gasteiger partial charge >= 0.3 is 5.97 Å². The number of carboxylic acids is 1. The number of carbonyl (C=O) groups is 1. The summed E-state index contributed by atoms with van der Waals surface area (Å²) >= 11 is 0. The van der Waals surface area contributed by atoms with E-state index in [4.69, 9.17) is 9.52 Å². The summed E-state index contributed by atoms with van der Waals surface area (Å²) < 4.78 is 4.81. The van der Waals surface area contributed by atoms with Crippen molar-refractivity contribution in [2.45, 2.75) is 6.54 Å². The van der Waals surface area contributed by atoms with Crippen molar-refractivity contribution in [3.8, 4) is 0 Å². The fourth-order valence-electron chi connectivity index (χ4n) is 0.700. The van der Waals surface area contributed by atoms with Gasteiger partial charge in [-0.3, -0.25) is 0 Å². The van der Waals surface area contributed by atoms with Crippen molar-refractivity contribution in [2.75, 3.05) is 0 Å². The molecule has 0 bridgehead atoms. The molecule has 0 saturated carbocycles. The molecule has 0 aromatic carbocycles. The van der Waals surface area contributed by atoms with Gasteiger partial charge in [0.15, 0.2) is 0 Å². The van der Waals surface area contributed by atoms with Crippen LogP contribution in [0.3, 0.4) is 0 Å². The normalized spacial score (nSPS) is 10.3. The molecule has 0 aliphatic carbocycles. The summed E-state index contributed by atoms with van der Waals surface area (Å²) in [6, 6.07) is 1.81. The van der Waals surface area contributed by atoms with E-state index in [2.05, 4.69) is 5.32 Å². The minimum Gasteiger partial charge on any atom is -0.478 e. The summed E-state index contributed by atoms with van der Waals surface area (Å²) in [5.41, 5.74) is 0.977. The zero-order chi connectivity index (χ0) is 8.81. The Morgan fingerprint density at radius 1 is 1.75 bits per heavy atom. The van der Waals surface area contributed by atoms with Gasteiger partial charge in [-0.15, -0.1) is 0 Å². The molecule has 1 rings (SSSR count). The average molecular weight is 167 g/mol. The van der Waals surface area contributed by atoms with Gasteiger partial charge in [-0.25, -0.2) is 4.79 Å². The highest BCUT2D eigenvalue weighted by Crippen LogP contribution is 1.97. The zero-order valence-electron chi connectivity index (χ0n) is 6.36. The van der Waals surface area contributed by atoms with Crippen LogP contribution in [0.15, 0.2) is 35.3 Å². The van der Waals surface area contributed by atoms with Gasteiger partial charge in [0, 0.05) is 24.4 Å². The van der Waals surface area contributed by atoms with E-state index in [1.165, 1.54) is 6.20 Å². The molecule has 12 heavy (non-hydrogen) atoms. The predicted octanol–water partition coefficient (Wildman–Crippen LogP) is 0.967. The van der Waals surface area contributed by atoms with Crippen molar-refractivity contribution in [1.29, 1.82) is 0 Å². The van der Waals surface area contributed by atoms with E-state index in [1.54, 1.807) is 12.5 Å². The fourth-order valence-corrected chi connectivity index (χ4v) is 0.700. The highest BCUT2D eigenvalue weighted by atomic mass is 16.4. The lowest BCUT2D eigenvalue weighted by Crippen LogP contribution is -2.04. The van der Waals surface area contributed by atoms with Gasteiger partial charge in [-0.05, 0) is 6.07 Å². The number of rotatable bonds is 4. The van der Waals surface area contributed by atoms with Crippen LogP contribution in [0, 0.1) is 0 Å². The molecule has 0 aliphatic rings. The minimum atomic E-state index is -0.963. The number of furan rings is 1. The molecule has 1 heterocycles. The molecule has 4 nitrogen and oxygen atoms in total. The molecule has 0 amide bonds. The quantitative estimate of drug-likeness (QED) is 0.656. The lowest BCUT2D eigenvalue weighted by atomic mass is 10.3. The summed E-state index contributed by atoms with van der Waals surface area (Å²) in [5.74, 6) is -0.963. The molecule has 0 unspecified atom stereocenters. The van der Waals surface area contributed by atoms with E-state index in [1.807, 2.05) is 6.07 Å². The summed E-state index contributed by atoms with van der Waals surface area (Å²) in [7, 11) is 0. The van der Waals surface area contributed by atoms with Crippen molar-refractivity contribution in [3.63, 3.8) is 0 Å². The largest absolute Gasteiger partial charge is 0.478 e. The maximum Gasteiger partial charge on any atom is 0.329 e. The van der Waals surface area contributed by atoms with Crippen molar-refractivity contribution < 1.29 is 14.3 Å². The van der Waals surface area contributed by atoms with Crippen LogP contribution >= 0.6 is 0 Å². The second-order valence-corrected chi connectivity index (χ2v) is 2.18. The standard InChI is InChI=1S/C8H9NO3/c10-8(11)1-3-9-5-7-2-4-12-6-7/h1-4,6,9H,5H2,(H,10,11)/b3-1+. The van der Waals surface area contributed by atoms with E-state index in [-0.39, 0.29) is 0 Å². The maximum absolute atomic E-state index is 10.0. The lowest BCUT2D eigenvalue weighted by molar-refractivity contribution is -0.131. The minimum absolute atomic E-state index is 0.570. The summed E-state index contributed by atoms with van der Waals surface area (Å²) in [6.45, 7) is 0.570. The van der Waals surface area contributed by atoms with Crippen LogP contribution in [-0.2, 0) is 11.3 Å². The van der Waals surface area contributed by atoms with E-state index < -0.39 is 5.97 Å². The molecular weight excluding hydrogens is 158 g/mol. The number of nitrogens with one attached hydrogen (secondary N) is 1. The summed E-state index contributed by atoms with van der Waals surface area (Å²) in [5, 5.41) is 11.0. The molecule has 0 radical (unpaired) electrons. The lowest BCUT2D eigenvalue weighted by Gasteiger charge is -1.94. The number of hydrogen-bond donors (Lipinski definition) is 2. The van der Waals surface area contributed by atoms with Crippen molar-refractivity contribution in [2.24, 2.45) is 0 Å². The zero-order valence-corrected chi connectivity index (χ0v) is 6.36. The van der Waals surface area contributed by atoms with Crippen LogP contribution in [-0.4, -0.2) is 11.1 Å². The fraction of sp³-hybridized carbons (Fsp3) is 0.125. The number of aliphatic carboxylic acids is 1. The smallest absolute Gasteiger partial charge is 0.329 e. The molecule has 1 aromatic rings. The molecule has 0 atom stereocenters. The Kier molecular flexibility index (Phi) is 2.95. The predicted molar refractivity (Wildman–Crippen MR) is 42.3 cm³/mol. The molecule has 0 fully saturated rings. The Morgan fingerprint density at radius 2 is 2.58 bits per heavy atom. The maximum atomic E-state index is 10.0. The summed E-state index contributed by atoms with van der Waals surface area (Å²) in [4.78, 5) is 10.0. The van der Waals surface area contributed by atoms with Crippen LogP contribution in [0.25, 0.3) is 0 Å². The van der Waals surface area contributed by atoms with Gasteiger partial charge in [0.25, 0.3) is 0 Å². The number of hydrogen-bond acceptors (Lipinski definition) is 3. The average Bonchev–Trinajstić information content (AvgIpc) is 2.49. The molecule has 1 aromatic heterocycles. The van der Waals surface area contributed by atoms with Crippen LogP contribution in [0.2, 0.25) is 0 Å². The monoisotopic (exact) mass is 167 g/mol. The molecule has 0 saturated heterocycles. The van der Waals surface area contributed by atoms with Crippen LogP contribution in [0.1, 0.15) is 5.56 Å². The molecular formula is C8H9NO3. The van der Waals surface area contributed by atoms with E-state index in [0.717, 1.165) is 11.6 Å². The Bertz CT molecular complexity index is 264. The Morgan fingerprint density at radius 3 is 3.17 bits per heavy atom. The third-order valence-electron chi connectivity index (χ3n) is 1.23. The van der Waals surface area contributed by atoms with Crippen molar-refractivity contribution >= 4 is 5.97 Å². The van der Waals surface area contributed by atoms with Crippen LogP contribution < -0.4 is 5.32 Å². The second kappa shape index (κ2) is 4.23. The topological polar surface area (TPSA) is 62.5 Å². The van der Waals surface area contributed by atoms with Gasteiger partial charge in [-0.1, -0.05) is 0 Å². The number of carboxylic acid groups (broad SMARTS) is 1. The van der Waals surface area contributed by atoms with E-state index in [9.17, 15) is 4.79 Å². The molecule has 2 N–H and O–H groups in total. The molecule has 0 aliphatic heterocycles. The van der Waals surface area contributed by atoms with E-state index in [0.29, 0.717) is 6.54 Å². The first-order valence-electron chi connectivity index (χ1n) is 3.43. The molecule has 4 heteroatoms. The summed E-state index contributed by atoms with van der Waals surface area (Å²) in [6.07, 6.45) is 5.59. The van der Waals surface area contributed by atoms with Gasteiger partial charge in [-0.2, -0.15) is 0 Å². The van der Waals surface area contributed by atoms with Gasteiger partial charge in [0.05, 0.1) is 12.5 Å². The van der Waals surface area contributed by atoms with Crippen LogP contribution in [0.4, 0.5) is 0 Å². The Hall–Kier alpha value is -1.71. The highest BCUT2D eigenvalue weighted by molar-refractivity contribution is 5.79. The SMILES string of the molecule is O=C(O)/C=C/NCc1ccoc1. The third kappa shape index (κ3) is 2.92. The first-order valence-corrected chi connectivity index (χ1v) is 3.43. The van der Waals surface area contributed by atoms with Gasteiger partial charge in [0.1, 0.15) is 0 Å². The first kappa shape index (κ1) is 8.39. The van der Waals surface area contributed by atoms with Gasteiger partial charge in [0.2, 0.25) is 0 Å². The highest BCUT2D eigenvalue weighted by Gasteiger charge is 1.90. The first-order chi connectivity index (χ1) is 5.79. The molecule has 0 spiro atoms. The van der Waals surface area contributed by atoms with Gasteiger partial charge < -0.3 is 14.8 Å². The van der Waals surface area contributed by atoms with Crippen LogP contribution in [0.5, 0.6) is 0 Å². The Balaban J connectivity index is 2.23. The van der Waals surface area contributed by atoms with E-state index >= 15 is 0 Å². The second-order valence-electron chi connectivity index (χ2n) is 2.18. The van der Waals surface area contributed by atoms with Crippen molar-refractivity contribution in [3.05, 3.63) is 36.4 Å². The molecule has 64 valence electrons. The Labute approximate surface area is 69.5 Å². The van der Waals surface area contributed by atoms with Crippen molar-refractivity contribution in [1.82, 2.24) is 5.32 Å².